The number of carbonyl (C=O) groups excluding carboxylic acids is 1. The minimum Gasteiger partial charge on any atom is -0.323 e. The van der Waals surface area contributed by atoms with E-state index < -0.39 is 5.54 Å². The van der Waals surface area contributed by atoms with E-state index in [1.165, 1.54) is 6.42 Å². The van der Waals surface area contributed by atoms with Crippen molar-refractivity contribution in [3.63, 3.8) is 0 Å². The number of nitrogens with zero attached hydrogens (tertiary/aromatic N) is 2. The molecule has 1 amide bonds. The largest absolute Gasteiger partial charge is 0.323 e. The van der Waals surface area contributed by atoms with E-state index in [2.05, 4.69) is 28.7 Å². The van der Waals surface area contributed by atoms with Crippen molar-refractivity contribution < 1.29 is 4.79 Å². The molecule has 2 rings (SSSR count). The van der Waals surface area contributed by atoms with Crippen molar-refractivity contribution in [2.75, 3.05) is 7.05 Å². The summed E-state index contributed by atoms with van der Waals surface area (Å²) >= 11 is 3.77. The number of rotatable bonds is 2. The molecule has 0 bridgehead atoms. The van der Waals surface area contributed by atoms with E-state index in [0.29, 0.717) is 5.56 Å². The monoisotopic (exact) mass is 374 g/mol. The third-order valence-corrected chi connectivity index (χ3v) is 5.44. The maximum atomic E-state index is 12.4. The summed E-state index contributed by atoms with van der Waals surface area (Å²) in [6.45, 7) is 0. The zero-order valence-corrected chi connectivity index (χ0v) is 13.3. The summed E-state index contributed by atoms with van der Waals surface area (Å²) in [6.07, 6.45) is 4.83. The number of hydrogen-bond acceptors (Lipinski definition) is 3. The number of carbonyl (C=O) groups is 1. The average Bonchev–Trinajstić information content (AvgIpc) is 2.84. The van der Waals surface area contributed by atoms with Gasteiger partial charge in [0.1, 0.15) is 5.54 Å². The summed E-state index contributed by atoms with van der Waals surface area (Å²) in [7, 11) is 1.77. The third kappa shape index (κ3) is 2.54. The molecule has 1 aromatic heterocycles. The molecule has 1 saturated carbocycles. The second-order valence-electron chi connectivity index (χ2n) is 4.71. The van der Waals surface area contributed by atoms with Crippen LogP contribution in [0.25, 0.3) is 0 Å². The molecule has 1 aliphatic carbocycles. The van der Waals surface area contributed by atoms with E-state index in [0.717, 1.165) is 28.6 Å². The topological polar surface area (TPSA) is 44.1 Å². The van der Waals surface area contributed by atoms with Gasteiger partial charge in [0.15, 0.2) is 0 Å². The van der Waals surface area contributed by atoms with Gasteiger partial charge in [-0.05, 0) is 41.5 Å². The number of amides is 1. The Morgan fingerprint density at radius 3 is 2.67 bits per heavy atom. The van der Waals surface area contributed by atoms with Crippen molar-refractivity contribution in [3.8, 4) is 6.07 Å². The van der Waals surface area contributed by atoms with Gasteiger partial charge in [-0.3, -0.25) is 4.79 Å². The average molecular weight is 374 g/mol. The van der Waals surface area contributed by atoms with Crippen LogP contribution in [0.1, 0.15) is 42.5 Å². The Bertz CT molecular complexity index is 485. The predicted octanol–water partition coefficient (Wildman–Crippen LogP) is 3.65. The SMILES string of the molecule is CN(C(=O)c1csc(I)c1)C1(C#N)CCCCC1. The second-order valence-corrected chi connectivity index (χ2v) is 7.51. The van der Waals surface area contributed by atoms with Gasteiger partial charge in [0.2, 0.25) is 0 Å². The molecule has 1 heterocycles. The van der Waals surface area contributed by atoms with E-state index in [-0.39, 0.29) is 5.91 Å². The van der Waals surface area contributed by atoms with Crippen LogP contribution in [-0.2, 0) is 0 Å². The fourth-order valence-corrected chi connectivity index (χ4v) is 3.79. The zero-order valence-electron chi connectivity index (χ0n) is 10.3. The number of halogens is 1. The van der Waals surface area contributed by atoms with E-state index >= 15 is 0 Å². The van der Waals surface area contributed by atoms with Crippen molar-refractivity contribution in [1.82, 2.24) is 4.90 Å². The first-order valence-corrected chi connectivity index (χ1v) is 7.98. The minimum atomic E-state index is -0.595. The normalized spacial score (nSPS) is 18.1. The van der Waals surface area contributed by atoms with Crippen LogP contribution in [-0.4, -0.2) is 23.4 Å². The molecule has 0 spiro atoms. The molecule has 1 fully saturated rings. The van der Waals surface area contributed by atoms with E-state index in [1.807, 2.05) is 11.4 Å². The van der Waals surface area contributed by atoms with Gasteiger partial charge in [-0.1, -0.05) is 19.3 Å². The Kier molecular flexibility index (Phi) is 4.28. The molecule has 1 aliphatic rings. The van der Waals surface area contributed by atoms with E-state index in [9.17, 15) is 10.1 Å². The Hall–Kier alpha value is -0.610. The molecule has 5 heteroatoms. The van der Waals surface area contributed by atoms with Gasteiger partial charge in [-0.15, -0.1) is 11.3 Å². The lowest BCUT2D eigenvalue weighted by Crippen LogP contribution is -2.49. The number of hydrogen-bond donors (Lipinski definition) is 0. The van der Waals surface area contributed by atoms with Crippen LogP contribution in [0, 0.1) is 14.2 Å². The Balaban J connectivity index is 2.21. The number of nitriles is 1. The molecule has 0 atom stereocenters. The van der Waals surface area contributed by atoms with Gasteiger partial charge < -0.3 is 4.90 Å². The maximum Gasteiger partial charge on any atom is 0.255 e. The van der Waals surface area contributed by atoms with Gasteiger partial charge in [-0.25, -0.2) is 0 Å². The number of thiophene rings is 1. The van der Waals surface area contributed by atoms with Crippen molar-refractivity contribution >= 4 is 39.8 Å². The first kappa shape index (κ1) is 13.8. The van der Waals surface area contributed by atoms with Crippen LogP contribution in [0.2, 0.25) is 0 Å². The van der Waals surface area contributed by atoms with Crippen LogP contribution in [0.4, 0.5) is 0 Å². The smallest absolute Gasteiger partial charge is 0.255 e. The van der Waals surface area contributed by atoms with Crippen molar-refractivity contribution in [1.29, 1.82) is 5.26 Å². The third-order valence-electron chi connectivity index (χ3n) is 3.65. The lowest BCUT2D eigenvalue weighted by Gasteiger charge is -2.38. The highest BCUT2D eigenvalue weighted by atomic mass is 127. The molecular weight excluding hydrogens is 359 g/mol. The highest BCUT2D eigenvalue weighted by Crippen LogP contribution is 2.33. The molecule has 18 heavy (non-hydrogen) atoms. The predicted molar refractivity (Wildman–Crippen MR) is 80.6 cm³/mol. The van der Waals surface area contributed by atoms with E-state index in [1.54, 1.807) is 23.3 Å². The van der Waals surface area contributed by atoms with Crippen molar-refractivity contribution in [2.45, 2.75) is 37.6 Å². The lowest BCUT2D eigenvalue weighted by atomic mass is 9.81. The minimum absolute atomic E-state index is 0.0300. The summed E-state index contributed by atoms with van der Waals surface area (Å²) in [4.78, 5) is 14.1. The molecular formula is C13H15IN2OS. The van der Waals surface area contributed by atoms with Crippen molar-refractivity contribution in [2.24, 2.45) is 0 Å². The van der Waals surface area contributed by atoms with Gasteiger partial charge in [0, 0.05) is 12.4 Å². The molecule has 0 N–H and O–H groups in total. The molecule has 96 valence electrons. The van der Waals surface area contributed by atoms with Crippen LogP contribution >= 0.6 is 33.9 Å². The summed E-state index contributed by atoms with van der Waals surface area (Å²) in [5.41, 5.74) is 0.106. The molecule has 1 aromatic rings. The quantitative estimate of drug-likeness (QED) is 0.742. The zero-order chi connectivity index (χ0) is 13.2. The van der Waals surface area contributed by atoms with Crippen LogP contribution in [0.3, 0.4) is 0 Å². The Morgan fingerprint density at radius 1 is 1.50 bits per heavy atom. The fraction of sp³-hybridized carbons (Fsp3) is 0.538. The molecule has 0 radical (unpaired) electrons. The fourth-order valence-electron chi connectivity index (χ4n) is 2.47. The van der Waals surface area contributed by atoms with E-state index in [4.69, 9.17) is 0 Å². The summed E-state index contributed by atoms with van der Waals surface area (Å²) in [5.74, 6) is -0.0300. The Labute approximate surface area is 125 Å². The van der Waals surface area contributed by atoms with Crippen LogP contribution < -0.4 is 0 Å². The van der Waals surface area contributed by atoms with Gasteiger partial charge in [0.05, 0.1) is 14.5 Å². The highest BCUT2D eigenvalue weighted by Gasteiger charge is 2.39. The summed E-state index contributed by atoms with van der Waals surface area (Å²) in [6, 6.07) is 4.27. The van der Waals surface area contributed by atoms with Gasteiger partial charge in [0.25, 0.3) is 5.91 Å². The molecule has 0 saturated heterocycles. The van der Waals surface area contributed by atoms with Gasteiger partial charge in [-0.2, -0.15) is 5.26 Å². The van der Waals surface area contributed by atoms with Crippen LogP contribution in [0.5, 0.6) is 0 Å². The summed E-state index contributed by atoms with van der Waals surface area (Å²) in [5, 5.41) is 11.3. The summed E-state index contributed by atoms with van der Waals surface area (Å²) < 4.78 is 1.10. The standard InChI is InChI=1S/C13H15IN2OS/c1-16(12(17)10-7-11(14)18-8-10)13(9-15)5-3-2-4-6-13/h7-8H,2-6H2,1H3. The highest BCUT2D eigenvalue weighted by molar-refractivity contribution is 14.1. The molecule has 0 aliphatic heterocycles. The maximum absolute atomic E-state index is 12.4. The Morgan fingerprint density at radius 2 is 2.17 bits per heavy atom. The first-order chi connectivity index (χ1) is 8.59. The van der Waals surface area contributed by atoms with Crippen LogP contribution in [0.15, 0.2) is 11.4 Å². The second kappa shape index (κ2) is 5.57. The first-order valence-electron chi connectivity index (χ1n) is 6.02. The van der Waals surface area contributed by atoms with Crippen molar-refractivity contribution in [3.05, 3.63) is 19.9 Å². The molecule has 3 nitrogen and oxygen atoms in total. The molecule has 0 aromatic carbocycles. The van der Waals surface area contributed by atoms with Gasteiger partial charge >= 0.3 is 0 Å². The lowest BCUT2D eigenvalue weighted by molar-refractivity contribution is 0.0589. The molecule has 0 unspecified atom stereocenters.